The first-order chi connectivity index (χ1) is 8.30. The van der Waals surface area contributed by atoms with Crippen LogP contribution >= 0.6 is 11.6 Å². The molecule has 1 aromatic carbocycles. The predicted molar refractivity (Wildman–Crippen MR) is 58.0 cm³/mol. The van der Waals surface area contributed by atoms with Crippen LogP contribution in [0.4, 0.5) is 19.1 Å². The summed E-state index contributed by atoms with van der Waals surface area (Å²) in [6.45, 7) is 0. The summed E-state index contributed by atoms with van der Waals surface area (Å²) < 4.78 is 43.0. The fourth-order valence-corrected chi connectivity index (χ4v) is 1.63. The zero-order valence-electron chi connectivity index (χ0n) is 8.62. The Morgan fingerprint density at radius 2 is 1.94 bits per heavy atom. The van der Waals surface area contributed by atoms with Gasteiger partial charge in [-0.3, -0.25) is 0 Å². The fourth-order valence-electron chi connectivity index (χ4n) is 1.47. The molecule has 0 aliphatic rings. The Kier molecular flexibility index (Phi) is 2.86. The molecule has 96 valence electrons. The highest BCUT2D eigenvalue weighted by molar-refractivity contribution is 6.32. The van der Waals surface area contributed by atoms with Crippen molar-refractivity contribution in [3.8, 4) is 16.9 Å². The van der Waals surface area contributed by atoms with Crippen LogP contribution in [0.3, 0.4) is 0 Å². The molecule has 0 aliphatic carbocycles. The van der Waals surface area contributed by atoms with Crippen LogP contribution in [0.1, 0.15) is 5.56 Å². The summed E-state index contributed by atoms with van der Waals surface area (Å²) in [5, 5.41) is 12.3. The molecule has 1 heterocycles. The molecule has 18 heavy (non-hydrogen) atoms. The first-order valence-electron chi connectivity index (χ1n) is 4.61. The number of phenols is 1. The van der Waals surface area contributed by atoms with Gasteiger partial charge in [0.25, 0.3) is 0 Å². The molecule has 2 aromatic rings. The number of hydrogen-bond acceptors (Lipinski definition) is 4. The van der Waals surface area contributed by atoms with Crippen molar-refractivity contribution in [1.82, 2.24) is 5.16 Å². The molecule has 0 aliphatic heterocycles. The molecule has 1 aromatic heterocycles. The van der Waals surface area contributed by atoms with Crippen LogP contribution < -0.4 is 5.73 Å². The molecule has 0 fully saturated rings. The molecule has 0 radical (unpaired) electrons. The van der Waals surface area contributed by atoms with E-state index < -0.39 is 17.5 Å². The van der Waals surface area contributed by atoms with Crippen LogP contribution in [-0.4, -0.2) is 10.3 Å². The second-order valence-electron chi connectivity index (χ2n) is 3.45. The second kappa shape index (κ2) is 4.09. The van der Waals surface area contributed by atoms with Gasteiger partial charge >= 0.3 is 6.18 Å². The minimum absolute atomic E-state index is 0.0378. The van der Waals surface area contributed by atoms with Crippen LogP contribution in [-0.2, 0) is 6.18 Å². The number of hydrogen-bond donors (Lipinski definition) is 2. The first-order valence-corrected chi connectivity index (χ1v) is 4.98. The Morgan fingerprint density at radius 3 is 2.44 bits per heavy atom. The molecular weight excluding hydrogens is 273 g/mol. The van der Waals surface area contributed by atoms with Crippen LogP contribution in [0.2, 0.25) is 5.02 Å². The maximum absolute atomic E-state index is 12.8. The number of alkyl halides is 3. The van der Waals surface area contributed by atoms with E-state index in [1.54, 1.807) is 0 Å². The van der Waals surface area contributed by atoms with E-state index in [0.717, 1.165) is 12.3 Å². The Balaban J connectivity index is 2.73. The summed E-state index contributed by atoms with van der Waals surface area (Å²) in [6, 6.07) is 1.49. The van der Waals surface area contributed by atoms with Gasteiger partial charge in [-0.1, -0.05) is 16.8 Å². The summed E-state index contributed by atoms with van der Waals surface area (Å²) in [4.78, 5) is 0. The zero-order chi connectivity index (χ0) is 13.5. The lowest BCUT2D eigenvalue weighted by molar-refractivity contribution is -0.137. The third kappa shape index (κ3) is 2.08. The van der Waals surface area contributed by atoms with Crippen LogP contribution in [0.5, 0.6) is 5.75 Å². The van der Waals surface area contributed by atoms with Crippen molar-refractivity contribution in [3.05, 3.63) is 28.9 Å². The van der Waals surface area contributed by atoms with Gasteiger partial charge in [0.05, 0.1) is 22.3 Å². The summed E-state index contributed by atoms with van der Waals surface area (Å²) >= 11 is 5.60. The van der Waals surface area contributed by atoms with E-state index in [1.807, 2.05) is 0 Å². The molecular formula is C10H6ClF3N2O2. The molecule has 8 heteroatoms. The highest BCUT2D eigenvalue weighted by Crippen LogP contribution is 2.43. The SMILES string of the molecule is Nc1oncc1-c1cc(Cl)c(O)cc1C(F)(F)F. The topological polar surface area (TPSA) is 72.3 Å². The number of halogens is 4. The van der Waals surface area contributed by atoms with E-state index in [0.29, 0.717) is 6.07 Å². The van der Waals surface area contributed by atoms with E-state index in [4.69, 9.17) is 17.3 Å². The van der Waals surface area contributed by atoms with Gasteiger partial charge in [0, 0.05) is 5.56 Å². The van der Waals surface area contributed by atoms with E-state index in [9.17, 15) is 18.3 Å². The Labute approximate surface area is 104 Å². The molecule has 0 spiro atoms. The quantitative estimate of drug-likeness (QED) is 0.839. The van der Waals surface area contributed by atoms with Crippen molar-refractivity contribution >= 4 is 17.5 Å². The fraction of sp³-hybridized carbons (Fsp3) is 0.100. The average Bonchev–Trinajstić information content (AvgIpc) is 2.66. The molecule has 0 unspecified atom stereocenters. The van der Waals surface area contributed by atoms with Gasteiger partial charge in [0.2, 0.25) is 5.88 Å². The Morgan fingerprint density at radius 1 is 1.28 bits per heavy atom. The van der Waals surface area contributed by atoms with Crippen LogP contribution in [0.25, 0.3) is 11.1 Å². The van der Waals surface area contributed by atoms with Crippen LogP contribution in [0, 0.1) is 0 Å². The number of anilines is 1. The zero-order valence-corrected chi connectivity index (χ0v) is 9.38. The minimum Gasteiger partial charge on any atom is -0.506 e. The number of nitrogens with zero attached hydrogens (tertiary/aromatic N) is 1. The van der Waals surface area contributed by atoms with Gasteiger partial charge in [0.15, 0.2) is 0 Å². The molecule has 0 saturated heterocycles. The van der Waals surface area contributed by atoms with E-state index >= 15 is 0 Å². The standard InChI is InChI=1S/C10H6ClF3N2O2/c11-7-1-4(5-3-16-18-9(5)15)6(2-8(7)17)10(12,13)14/h1-3,17H,15H2. The lowest BCUT2D eigenvalue weighted by Gasteiger charge is -2.13. The van der Waals surface area contributed by atoms with Crippen LogP contribution in [0.15, 0.2) is 22.9 Å². The highest BCUT2D eigenvalue weighted by atomic mass is 35.5. The number of phenolic OH excluding ortho intramolecular Hbond substituents is 1. The maximum Gasteiger partial charge on any atom is 0.417 e. The third-order valence-electron chi connectivity index (χ3n) is 2.28. The van der Waals surface area contributed by atoms with Crippen molar-refractivity contribution in [2.24, 2.45) is 0 Å². The first kappa shape index (κ1) is 12.6. The molecule has 0 bridgehead atoms. The highest BCUT2D eigenvalue weighted by Gasteiger charge is 2.35. The average molecular weight is 279 g/mol. The number of nitrogens with two attached hydrogens (primary N) is 1. The molecule has 0 saturated carbocycles. The van der Waals surface area contributed by atoms with E-state index in [1.165, 1.54) is 0 Å². The van der Waals surface area contributed by atoms with Crippen molar-refractivity contribution < 1.29 is 22.8 Å². The van der Waals surface area contributed by atoms with Gasteiger partial charge in [-0.25, -0.2) is 0 Å². The minimum atomic E-state index is -4.67. The van der Waals surface area contributed by atoms with Gasteiger partial charge < -0.3 is 15.4 Å². The number of rotatable bonds is 1. The molecule has 3 N–H and O–H groups in total. The predicted octanol–water partition coefficient (Wildman–Crippen LogP) is 3.30. The number of aromatic hydroxyl groups is 1. The smallest absolute Gasteiger partial charge is 0.417 e. The second-order valence-corrected chi connectivity index (χ2v) is 3.86. The van der Waals surface area contributed by atoms with Gasteiger partial charge in [-0.05, 0) is 12.1 Å². The van der Waals surface area contributed by atoms with Gasteiger partial charge in [-0.15, -0.1) is 0 Å². The Hall–Kier alpha value is -1.89. The summed E-state index contributed by atoms with van der Waals surface area (Å²) in [7, 11) is 0. The van der Waals surface area contributed by atoms with Gasteiger partial charge in [-0.2, -0.15) is 13.2 Å². The molecule has 4 nitrogen and oxygen atoms in total. The van der Waals surface area contributed by atoms with Crippen molar-refractivity contribution in [1.29, 1.82) is 0 Å². The lowest BCUT2D eigenvalue weighted by atomic mass is 10.0. The van der Waals surface area contributed by atoms with E-state index in [2.05, 4.69) is 9.68 Å². The normalized spacial score (nSPS) is 11.8. The summed E-state index contributed by atoms with van der Waals surface area (Å²) in [6.07, 6.45) is -3.62. The van der Waals surface area contributed by atoms with Gasteiger partial charge in [0.1, 0.15) is 5.75 Å². The number of nitrogen functional groups attached to an aromatic ring is 1. The molecule has 0 atom stereocenters. The molecule has 2 rings (SSSR count). The monoisotopic (exact) mass is 278 g/mol. The van der Waals surface area contributed by atoms with E-state index in [-0.39, 0.29) is 22.0 Å². The Bertz CT molecular complexity index is 595. The van der Waals surface area contributed by atoms with Crippen molar-refractivity contribution in [3.63, 3.8) is 0 Å². The summed E-state index contributed by atoms with van der Waals surface area (Å²) in [5.74, 6) is -0.926. The largest absolute Gasteiger partial charge is 0.506 e. The molecule has 0 amide bonds. The summed E-state index contributed by atoms with van der Waals surface area (Å²) in [5.41, 5.74) is 3.96. The maximum atomic E-state index is 12.8. The number of aromatic nitrogens is 1. The van der Waals surface area contributed by atoms with Crippen molar-refractivity contribution in [2.75, 3.05) is 5.73 Å². The number of benzene rings is 1. The lowest BCUT2D eigenvalue weighted by Crippen LogP contribution is -2.07. The van der Waals surface area contributed by atoms with Crippen molar-refractivity contribution in [2.45, 2.75) is 6.18 Å². The third-order valence-corrected chi connectivity index (χ3v) is 2.58.